The number of aliphatic imine (C=N–C) groups is 1. The van der Waals surface area contributed by atoms with Crippen molar-refractivity contribution in [2.75, 3.05) is 39.3 Å². The molecule has 7 nitrogen and oxygen atoms in total. The van der Waals surface area contributed by atoms with Crippen molar-refractivity contribution in [1.29, 1.82) is 0 Å². The lowest BCUT2D eigenvalue weighted by atomic mass is 10.1. The van der Waals surface area contributed by atoms with E-state index < -0.39 is 9.84 Å². The van der Waals surface area contributed by atoms with Gasteiger partial charge in [0.05, 0.1) is 25.7 Å². The van der Waals surface area contributed by atoms with Crippen LogP contribution in [0.4, 0.5) is 0 Å². The molecule has 0 amide bonds. The quantitative estimate of drug-likeness (QED) is 0.580. The fraction of sp³-hybridized carbons (Fsp3) is 0.562. The summed E-state index contributed by atoms with van der Waals surface area (Å²) in [6.45, 7) is 1.13. The van der Waals surface area contributed by atoms with E-state index in [-0.39, 0.29) is 17.4 Å². The fourth-order valence-corrected chi connectivity index (χ4v) is 4.53. The van der Waals surface area contributed by atoms with Gasteiger partial charge in [0, 0.05) is 31.8 Å². The zero-order chi connectivity index (χ0) is 17.6. The van der Waals surface area contributed by atoms with E-state index >= 15 is 0 Å². The second-order valence-corrected chi connectivity index (χ2v) is 7.98. The van der Waals surface area contributed by atoms with E-state index in [0.29, 0.717) is 25.5 Å². The normalized spacial score (nSPS) is 19.8. The van der Waals surface area contributed by atoms with E-state index in [1.165, 1.54) is 0 Å². The molecule has 0 saturated carbocycles. The summed E-state index contributed by atoms with van der Waals surface area (Å²) < 4.78 is 33.5. The first-order chi connectivity index (χ1) is 11.5. The van der Waals surface area contributed by atoms with Crippen LogP contribution in [0.3, 0.4) is 0 Å². The molecule has 2 rings (SSSR count). The smallest absolute Gasteiger partial charge is 0.191 e. The van der Waals surface area contributed by atoms with Gasteiger partial charge in [-0.15, -0.1) is 0 Å². The lowest BCUT2D eigenvalue weighted by Crippen LogP contribution is -2.39. The third-order valence-electron chi connectivity index (χ3n) is 4.05. The number of nitrogens with zero attached hydrogens (tertiary/aromatic N) is 1. The monoisotopic (exact) mass is 355 g/mol. The average Bonchev–Trinajstić information content (AvgIpc) is 2.94. The Bertz CT molecular complexity index is 689. The van der Waals surface area contributed by atoms with Gasteiger partial charge in [-0.05, 0) is 24.5 Å². The third-order valence-corrected chi connectivity index (χ3v) is 5.89. The van der Waals surface area contributed by atoms with Crippen molar-refractivity contribution < 1.29 is 17.9 Å². The molecule has 1 aliphatic rings. The molecule has 2 N–H and O–H groups in total. The van der Waals surface area contributed by atoms with Gasteiger partial charge < -0.3 is 20.1 Å². The molecule has 0 spiro atoms. The van der Waals surface area contributed by atoms with Crippen LogP contribution in [0.5, 0.6) is 11.5 Å². The molecule has 1 aromatic carbocycles. The molecule has 1 heterocycles. The van der Waals surface area contributed by atoms with Crippen molar-refractivity contribution in [3.63, 3.8) is 0 Å². The predicted octanol–water partition coefficient (Wildman–Crippen LogP) is 0.804. The molecule has 0 aliphatic carbocycles. The minimum absolute atomic E-state index is 0.143. The summed E-state index contributed by atoms with van der Waals surface area (Å²) in [7, 11) is 2.07. The van der Waals surface area contributed by atoms with Gasteiger partial charge in [0.25, 0.3) is 0 Å². The molecule has 134 valence electrons. The molecule has 1 unspecified atom stereocenters. The van der Waals surface area contributed by atoms with Crippen molar-refractivity contribution in [1.82, 2.24) is 10.6 Å². The summed E-state index contributed by atoms with van der Waals surface area (Å²) in [6.07, 6.45) is 0.707. The number of hydrogen-bond donors (Lipinski definition) is 2. The van der Waals surface area contributed by atoms with Crippen LogP contribution >= 0.6 is 0 Å². The molecule has 1 aliphatic heterocycles. The number of sulfone groups is 1. The standard InChI is InChI=1S/C16H25N3O4S/c1-17-16(18-9-12-6-7-24(20,21)11-12)19-10-13-4-5-14(22-2)8-15(13)23-3/h4-5,8,12H,6-7,9-11H2,1-3H3,(H2,17,18,19). The highest BCUT2D eigenvalue weighted by Crippen LogP contribution is 2.24. The second-order valence-electron chi connectivity index (χ2n) is 5.75. The van der Waals surface area contributed by atoms with Gasteiger partial charge in [-0.2, -0.15) is 0 Å². The molecule has 24 heavy (non-hydrogen) atoms. The molecule has 1 fully saturated rings. The number of methoxy groups -OCH3 is 2. The molecule has 1 atom stereocenters. The van der Waals surface area contributed by atoms with E-state index in [9.17, 15) is 8.42 Å². The first-order valence-corrected chi connectivity index (χ1v) is 9.65. The maximum Gasteiger partial charge on any atom is 0.191 e. The Kier molecular flexibility index (Phi) is 6.30. The summed E-state index contributed by atoms with van der Waals surface area (Å²) in [6, 6.07) is 5.64. The minimum Gasteiger partial charge on any atom is -0.497 e. The molecule has 0 bridgehead atoms. The number of hydrogen-bond acceptors (Lipinski definition) is 5. The summed E-state index contributed by atoms with van der Waals surface area (Å²) in [4.78, 5) is 4.17. The summed E-state index contributed by atoms with van der Waals surface area (Å²) >= 11 is 0. The van der Waals surface area contributed by atoms with E-state index in [2.05, 4.69) is 15.6 Å². The molecular formula is C16H25N3O4S. The van der Waals surface area contributed by atoms with Gasteiger partial charge in [0.2, 0.25) is 0 Å². The Labute approximate surface area is 143 Å². The van der Waals surface area contributed by atoms with Gasteiger partial charge in [-0.25, -0.2) is 8.42 Å². The Morgan fingerprint density at radius 1 is 1.29 bits per heavy atom. The number of ether oxygens (including phenoxy) is 2. The molecule has 0 radical (unpaired) electrons. The Balaban J connectivity index is 1.88. The first-order valence-electron chi connectivity index (χ1n) is 7.83. The van der Waals surface area contributed by atoms with Gasteiger partial charge in [0.15, 0.2) is 15.8 Å². The molecule has 1 aromatic rings. The lowest BCUT2D eigenvalue weighted by molar-refractivity contribution is 0.390. The average molecular weight is 355 g/mol. The van der Waals surface area contributed by atoms with Gasteiger partial charge in [0.1, 0.15) is 11.5 Å². The number of benzene rings is 1. The molecular weight excluding hydrogens is 330 g/mol. The summed E-state index contributed by atoms with van der Waals surface area (Å²) in [5.74, 6) is 2.79. The van der Waals surface area contributed by atoms with E-state index in [4.69, 9.17) is 9.47 Å². The van der Waals surface area contributed by atoms with Crippen molar-refractivity contribution in [2.24, 2.45) is 10.9 Å². The van der Waals surface area contributed by atoms with Crippen LogP contribution in [0.25, 0.3) is 0 Å². The highest BCUT2D eigenvalue weighted by molar-refractivity contribution is 7.91. The zero-order valence-corrected chi connectivity index (χ0v) is 15.1. The van der Waals surface area contributed by atoms with E-state index in [1.807, 2.05) is 18.2 Å². The van der Waals surface area contributed by atoms with Crippen LogP contribution in [-0.2, 0) is 16.4 Å². The highest BCUT2D eigenvalue weighted by atomic mass is 32.2. The van der Waals surface area contributed by atoms with Crippen LogP contribution in [0.2, 0.25) is 0 Å². The Morgan fingerprint density at radius 2 is 2.08 bits per heavy atom. The second kappa shape index (κ2) is 8.23. The van der Waals surface area contributed by atoms with Gasteiger partial charge in [-0.3, -0.25) is 4.99 Å². The number of rotatable bonds is 6. The largest absolute Gasteiger partial charge is 0.497 e. The predicted molar refractivity (Wildman–Crippen MR) is 94.5 cm³/mol. The fourth-order valence-electron chi connectivity index (χ4n) is 2.67. The van der Waals surface area contributed by atoms with Gasteiger partial charge >= 0.3 is 0 Å². The summed E-state index contributed by atoms with van der Waals surface area (Å²) in [5.41, 5.74) is 0.977. The Morgan fingerprint density at radius 3 is 2.67 bits per heavy atom. The first kappa shape index (κ1) is 18.4. The lowest BCUT2D eigenvalue weighted by Gasteiger charge is -2.16. The van der Waals surface area contributed by atoms with Crippen molar-refractivity contribution in [3.05, 3.63) is 23.8 Å². The van der Waals surface area contributed by atoms with Crippen LogP contribution in [0.1, 0.15) is 12.0 Å². The molecule has 8 heteroatoms. The third kappa shape index (κ3) is 5.02. The number of nitrogens with one attached hydrogen (secondary N) is 2. The van der Waals surface area contributed by atoms with Crippen LogP contribution in [0.15, 0.2) is 23.2 Å². The van der Waals surface area contributed by atoms with Crippen molar-refractivity contribution >= 4 is 15.8 Å². The molecule has 1 saturated heterocycles. The zero-order valence-electron chi connectivity index (χ0n) is 14.3. The van der Waals surface area contributed by atoms with Crippen LogP contribution in [0, 0.1) is 5.92 Å². The van der Waals surface area contributed by atoms with Crippen molar-refractivity contribution in [3.8, 4) is 11.5 Å². The van der Waals surface area contributed by atoms with Crippen molar-refractivity contribution in [2.45, 2.75) is 13.0 Å². The van der Waals surface area contributed by atoms with Crippen LogP contribution in [-0.4, -0.2) is 53.7 Å². The van der Waals surface area contributed by atoms with Gasteiger partial charge in [-0.1, -0.05) is 0 Å². The Hall–Kier alpha value is -1.96. The summed E-state index contributed by atoms with van der Waals surface area (Å²) in [5, 5.41) is 6.40. The SMILES string of the molecule is CN=C(NCc1ccc(OC)cc1OC)NCC1CCS(=O)(=O)C1. The molecule has 0 aromatic heterocycles. The highest BCUT2D eigenvalue weighted by Gasteiger charge is 2.27. The minimum atomic E-state index is -2.85. The van der Waals surface area contributed by atoms with E-state index in [0.717, 1.165) is 17.1 Å². The maximum atomic E-state index is 11.5. The number of guanidine groups is 1. The van der Waals surface area contributed by atoms with Crippen LogP contribution < -0.4 is 20.1 Å². The topological polar surface area (TPSA) is 89.0 Å². The van der Waals surface area contributed by atoms with E-state index in [1.54, 1.807) is 21.3 Å². The maximum absolute atomic E-state index is 11.5.